The van der Waals surface area contributed by atoms with Crippen LogP contribution in [0.4, 0.5) is 11.4 Å². The Labute approximate surface area is 204 Å². The number of nitrogens with one attached hydrogen (secondary N) is 1. The fourth-order valence-electron chi connectivity index (χ4n) is 4.91. The van der Waals surface area contributed by atoms with Crippen molar-refractivity contribution in [2.45, 2.75) is 43.4 Å². The first-order chi connectivity index (χ1) is 16.8. The summed E-state index contributed by atoms with van der Waals surface area (Å²) in [7, 11) is 0. The van der Waals surface area contributed by atoms with Crippen LogP contribution in [0.1, 0.15) is 32.1 Å². The van der Waals surface area contributed by atoms with E-state index in [1.54, 1.807) is 0 Å². The first-order valence-electron chi connectivity index (χ1n) is 12.2. The zero-order chi connectivity index (χ0) is 23.2. The highest BCUT2D eigenvalue weighted by atomic mass is 32.2. The van der Waals surface area contributed by atoms with Crippen molar-refractivity contribution in [3.05, 3.63) is 54.6 Å². The van der Waals surface area contributed by atoms with E-state index in [1.807, 2.05) is 48.5 Å². The van der Waals surface area contributed by atoms with Crippen LogP contribution in [-0.2, 0) is 4.79 Å². The molecule has 34 heavy (non-hydrogen) atoms. The van der Waals surface area contributed by atoms with Gasteiger partial charge in [-0.2, -0.15) is 0 Å². The minimum Gasteiger partial charge on any atom is -0.411 e. The molecule has 1 saturated heterocycles. The number of hydrogen-bond donors (Lipinski definition) is 1. The Bertz CT molecular complexity index is 1080. The van der Waals surface area contributed by atoms with Crippen LogP contribution >= 0.6 is 11.8 Å². The molecule has 0 radical (unpaired) electrons. The number of para-hydroxylation sites is 2. The number of benzene rings is 2. The van der Waals surface area contributed by atoms with Crippen molar-refractivity contribution in [1.82, 2.24) is 15.1 Å². The lowest BCUT2D eigenvalue weighted by atomic mass is 9.94. The van der Waals surface area contributed by atoms with Gasteiger partial charge in [0.15, 0.2) is 0 Å². The van der Waals surface area contributed by atoms with Gasteiger partial charge in [-0.25, -0.2) is 0 Å². The molecule has 2 aromatic carbocycles. The summed E-state index contributed by atoms with van der Waals surface area (Å²) in [5, 5.41) is 11.6. The summed E-state index contributed by atoms with van der Waals surface area (Å²) in [5.41, 5.74) is 2.81. The van der Waals surface area contributed by atoms with Gasteiger partial charge in [0.25, 0.3) is 5.22 Å². The lowest BCUT2D eigenvalue weighted by Gasteiger charge is -2.42. The van der Waals surface area contributed by atoms with Crippen LogP contribution in [0.5, 0.6) is 0 Å². The van der Waals surface area contributed by atoms with Gasteiger partial charge in [0.1, 0.15) is 0 Å². The molecular formula is C26H31N5O2S. The molecule has 8 heteroatoms. The summed E-state index contributed by atoms with van der Waals surface area (Å²) in [6.07, 6.45) is 6.82. The molecule has 2 fully saturated rings. The third-order valence-corrected chi connectivity index (χ3v) is 7.50. The lowest BCUT2D eigenvalue weighted by molar-refractivity contribution is -0.113. The summed E-state index contributed by atoms with van der Waals surface area (Å²) in [4.78, 5) is 17.8. The van der Waals surface area contributed by atoms with Crippen LogP contribution in [0.2, 0.25) is 0 Å². The van der Waals surface area contributed by atoms with Gasteiger partial charge in [-0.1, -0.05) is 61.4 Å². The maximum absolute atomic E-state index is 12.7. The number of carbonyl (C=O) groups excluding carboxylic acids is 1. The van der Waals surface area contributed by atoms with Gasteiger partial charge in [-0.15, -0.1) is 10.2 Å². The van der Waals surface area contributed by atoms with Crippen molar-refractivity contribution < 1.29 is 9.21 Å². The monoisotopic (exact) mass is 477 g/mol. The van der Waals surface area contributed by atoms with E-state index >= 15 is 0 Å². The largest absolute Gasteiger partial charge is 0.411 e. The molecule has 1 N–H and O–H groups in total. The number of carbonyl (C=O) groups is 1. The van der Waals surface area contributed by atoms with Gasteiger partial charge in [0, 0.05) is 37.8 Å². The minimum absolute atomic E-state index is 0.0854. The Morgan fingerprint density at radius 1 is 0.941 bits per heavy atom. The van der Waals surface area contributed by atoms with E-state index in [1.165, 1.54) is 43.9 Å². The summed E-state index contributed by atoms with van der Waals surface area (Å²) < 4.78 is 5.70. The van der Waals surface area contributed by atoms with E-state index in [0.29, 0.717) is 11.1 Å². The van der Waals surface area contributed by atoms with E-state index in [-0.39, 0.29) is 11.7 Å². The number of anilines is 2. The highest BCUT2D eigenvalue weighted by Gasteiger charge is 2.26. The van der Waals surface area contributed by atoms with Gasteiger partial charge in [-0.3, -0.25) is 9.69 Å². The summed E-state index contributed by atoms with van der Waals surface area (Å²) >= 11 is 1.25. The first kappa shape index (κ1) is 22.9. The molecule has 1 amide bonds. The number of thioether (sulfide) groups is 1. The smallest absolute Gasteiger partial charge is 0.277 e. The van der Waals surface area contributed by atoms with E-state index in [2.05, 4.69) is 31.4 Å². The van der Waals surface area contributed by atoms with Gasteiger partial charge >= 0.3 is 0 Å². The molecule has 2 aliphatic rings. The van der Waals surface area contributed by atoms with Crippen LogP contribution in [0, 0.1) is 0 Å². The average Bonchev–Trinajstić information content (AvgIpc) is 3.38. The van der Waals surface area contributed by atoms with E-state index < -0.39 is 0 Å². The third kappa shape index (κ3) is 5.62. The van der Waals surface area contributed by atoms with Crippen molar-refractivity contribution in [1.29, 1.82) is 0 Å². The molecule has 0 unspecified atom stereocenters. The second-order valence-corrected chi connectivity index (χ2v) is 9.83. The molecule has 1 saturated carbocycles. The van der Waals surface area contributed by atoms with Crippen LogP contribution in [0.3, 0.4) is 0 Å². The molecule has 3 aromatic rings. The Morgan fingerprint density at radius 3 is 2.47 bits per heavy atom. The summed E-state index contributed by atoms with van der Waals surface area (Å²) in [5.74, 6) is 0.583. The maximum Gasteiger partial charge on any atom is 0.277 e. The van der Waals surface area contributed by atoms with Crippen LogP contribution in [-0.4, -0.2) is 59.0 Å². The Kier molecular flexibility index (Phi) is 7.46. The average molecular weight is 478 g/mol. The van der Waals surface area contributed by atoms with Crippen molar-refractivity contribution >= 4 is 29.0 Å². The Morgan fingerprint density at radius 2 is 1.68 bits per heavy atom. The molecule has 0 spiro atoms. The second kappa shape index (κ2) is 11.1. The Balaban J connectivity index is 1.15. The zero-order valence-electron chi connectivity index (χ0n) is 19.4. The van der Waals surface area contributed by atoms with E-state index in [4.69, 9.17) is 4.42 Å². The summed E-state index contributed by atoms with van der Waals surface area (Å²) in [6, 6.07) is 18.5. The van der Waals surface area contributed by atoms with Crippen molar-refractivity contribution in [2.24, 2.45) is 0 Å². The minimum atomic E-state index is -0.0854. The fourth-order valence-corrected chi connectivity index (χ4v) is 5.47. The molecule has 0 atom stereocenters. The predicted molar refractivity (Wildman–Crippen MR) is 136 cm³/mol. The number of rotatable bonds is 7. The van der Waals surface area contributed by atoms with E-state index in [9.17, 15) is 4.79 Å². The van der Waals surface area contributed by atoms with E-state index in [0.717, 1.165) is 49.2 Å². The highest BCUT2D eigenvalue weighted by molar-refractivity contribution is 7.99. The molecule has 5 rings (SSSR count). The first-order valence-corrected chi connectivity index (χ1v) is 13.1. The van der Waals surface area contributed by atoms with Crippen LogP contribution in [0.25, 0.3) is 11.5 Å². The molecule has 1 aliphatic carbocycles. The molecule has 178 valence electrons. The number of amides is 1. The number of piperazine rings is 1. The van der Waals surface area contributed by atoms with Crippen molar-refractivity contribution in [3.63, 3.8) is 0 Å². The van der Waals surface area contributed by atoms with Gasteiger partial charge in [0.2, 0.25) is 11.8 Å². The van der Waals surface area contributed by atoms with Crippen LogP contribution in [0.15, 0.2) is 64.2 Å². The van der Waals surface area contributed by atoms with Crippen molar-refractivity contribution in [2.75, 3.05) is 42.1 Å². The van der Waals surface area contributed by atoms with Crippen molar-refractivity contribution in [3.8, 4) is 11.5 Å². The third-order valence-electron chi connectivity index (χ3n) is 6.68. The topological polar surface area (TPSA) is 74.5 Å². The number of nitrogens with zero attached hydrogens (tertiary/aromatic N) is 4. The number of hydrogen-bond acceptors (Lipinski definition) is 7. The molecule has 2 heterocycles. The SMILES string of the molecule is O=C(CSc1nnc(-c2ccccc2)o1)Nc1ccccc1N1CCN(C2CCCCC2)CC1. The maximum atomic E-state index is 12.7. The number of aromatic nitrogens is 2. The van der Waals surface area contributed by atoms with Gasteiger partial charge < -0.3 is 14.6 Å². The molecule has 1 aliphatic heterocycles. The standard InChI is InChI=1S/C26H31N5O2S/c32-24(19-34-26-29-28-25(33-26)20-9-3-1-4-10-20)27-22-13-7-8-14-23(22)31-17-15-30(16-18-31)21-11-5-2-6-12-21/h1,3-4,7-10,13-14,21H,2,5-6,11-12,15-19H2,(H,27,32). The lowest BCUT2D eigenvalue weighted by Crippen LogP contribution is -2.51. The second-order valence-electron chi connectivity index (χ2n) is 8.91. The zero-order valence-corrected chi connectivity index (χ0v) is 20.2. The highest BCUT2D eigenvalue weighted by Crippen LogP contribution is 2.29. The Hall–Kier alpha value is -2.84. The normalized spacial score (nSPS) is 17.6. The molecule has 7 nitrogen and oxygen atoms in total. The van der Waals surface area contributed by atoms with Gasteiger partial charge in [-0.05, 0) is 37.1 Å². The predicted octanol–water partition coefficient (Wildman–Crippen LogP) is 4.92. The molecule has 0 bridgehead atoms. The molecular weight excluding hydrogens is 446 g/mol. The summed E-state index contributed by atoms with van der Waals surface area (Å²) in [6.45, 7) is 4.15. The molecule has 1 aromatic heterocycles. The quantitative estimate of drug-likeness (QED) is 0.484. The fraction of sp³-hybridized carbons (Fsp3) is 0.423. The van der Waals surface area contributed by atoms with Crippen LogP contribution < -0.4 is 10.2 Å². The van der Waals surface area contributed by atoms with Gasteiger partial charge in [0.05, 0.1) is 17.1 Å².